The van der Waals surface area contributed by atoms with Crippen LogP contribution in [0.3, 0.4) is 0 Å². The van der Waals surface area contributed by atoms with Gasteiger partial charge in [0.15, 0.2) is 0 Å². The minimum absolute atomic E-state index is 0.0588. The third-order valence-corrected chi connectivity index (χ3v) is 3.92. The maximum Gasteiger partial charge on any atom is 0.0415 e. The summed E-state index contributed by atoms with van der Waals surface area (Å²) in [6, 6.07) is 6.47. The van der Waals surface area contributed by atoms with Crippen LogP contribution in [0.2, 0.25) is 0 Å². The largest absolute Gasteiger partial charge is 0.371 e. The lowest BCUT2D eigenvalue weighted by Crippen LogP contribution is -2.29. The van der Waals surface area contributed by atoms with E-state index < -0.39 is 0 Å². The number of anilines is 1. The fourth-order valence-corrected chi connectivity index (χ4v) is 2.46. The average molecular weight is 313 g/mol. The first kappa shape index (κ1) is 15.5. The fourth-order valence-electron chi connectivity index (χ4n) is 2.08. The van der Waals surface area contributed by atoms with E-state index in [-0.39, 0.29) is 6.04 Å². The Kier molecular flexibility index (Phi) is 6.16. The highest BCUT2D eigenvalue weighted by Gasteiger charge is 2.14. The third-order valence-electron chi connectivity index (χ3n) is 3.43. The lowest BCUT2D eigenvalue weighted by Gasteiger charge is -2.29. The standard InChI is InChI=1S/C15H25BrN2/c1-5-11(3)10-18(6-2)15-8-7-13(16)9-14(15)12(4)17/h7-9,11-12H,5-6,10,17H2,1-4H3. The number of nitrogens with two attached hydrogens (primary N) is 1. The maximum absolute atomic E-state index is 6.09. The van der Waals surface area contributed by atoms with Crippen LogP contribution in [0, 0.1) is 5.92 Å². The molecule has 0 heterocycles. The van der Waals surface area contributed by atoms with Gasteiger partial charge in [-0.1, -0.05) is 36.2 Å². The van der Waals surface area contributed by atoms with E-state index in [9.17, 15) is 0 Å². The van der Waals surface area contributed by atoms with Crippen molar-refractivity contribution in [2.45, 2.75) is 40.2 Å². The van der Waals surface area contributed by atoms with Crippen LogP contribution in [0.4, 0.5) is 5.69 Å². The van der Waals surface area contributed by atoms with Gasteiger partial charge in [0, 0.05) is 29.3 Å². The molecule has 102 valence electrons. The highest BCUT2D eigenvalue weighted by atomic mass is 79.9. The summed E-state index contributed by atoms with van der Waals surface area (Å²) in [5, 5.41) is 0. The zero-order valence-electron chi connectivity index (χ0n) is 11.9. The summed E-state index contributed by atoms with van der Waals surface area (Å²) >= 11 is 3.53. The van der Waals surface area contributed by atoms with Gasteiger partial charge in [0.1, 0.15) is 0 Å². The van der Waals surface area contributed by atoms with E-state index in [4.69, 9.17) is 5.73 Å². The predicted molar refractivity (Wildman–Crippen MR) is 84.1 cm³/mol. The van der Waals surface area contributed by atoms with Crippen LogP contribution >= 0.6 is 15.9 Å². The monoisotopic (exact) mass is 312 g/mol. The Morgan fingerprint density at radius 2 is 1.94 bits per heavy atom. The Hall–Kier alpha value is -0.540. The molecule has 1 aromatic rings. The Labute approximate surface area is 120 Å². The molecule has 0 radical (unpaired) electrons. The minimum Gasteiger partial charge on any atom is -0.371 e. The third kappa shape index (κ3) is 3.99. The van der Waals surface area contributed by atoms with Gasteiger partial charge in [-0.3, -0.25) is 0 Å². The Bertz CT molecular complexity index is 377. The fraction of sp³-hybridized carbons (Fsp3) is 0.600. The molecule has 1 rings (SSSR count). The van der Waals surface area contributed by atoms with Crippen molar-refractivity contribution in [1.82, 2.24) is 0 Å². The molecule has 3 heteroatoms. The van der Waals surface area contributed by atoms with E-state index >= 15 is 0 Å². The van der Waals surface area contributed by atoms with Gasteiger partial charge in [-0.2, -0.15) is 0 Å². The van der Waals surface area contributed by atoms with Crippen LogP contribution in [0.15, 0.2) is 22.7 Å². The van der Waals surface area contributed by atoms with E-state index in [1.165, 1.54) is 17.7 Å². The van der Waals surface area contributed by atoms with Crippen LogP contribution in [0.25, 0.3) is 0 Å². The molecule has 0 saturated carbocycles. The molecule has 0 bridgehead atoms. The number of nitrogens with zero attached hydrogens (tertiary/aromatic N) is 1. The molecule has 0 aromatic heterocycles. The normalized spacial score (nSPS) is 14.3. The van der Waals surface area contributed by atoms with E-state index in [2.05, 4.69) is 59.8 Å². The van der Waals surface area contributed by atoms with Crippen molar-refractivity contribution in [3.63, 3.8) is 0 Å². The van der Waals surface area contributed by atoms with Crippen LogP contribution in [-0.2, 0) is 0 Å². The lowest BCUT2D eigenvalue weighted by atomic mass is 10.0. The van der Waals surface area contributed by atoms with Gasteiger partial charge in [0.2, 0.25) is 0 Å². The molecule has 2 N–H and O–H groups in total. The van der Waals surface area contributed by atoms with Crippen molar-refractivity contribution < 1.29 is 0 Å². The summed E-state index contributed by atoms with van der Waals surface area (Å²) in [6.45, 7) is 10.9. The molecule has 0 aliphatic heterocycles. The molecule has 0 spiro atoms. The van der Waals surface area contributed by atoms with Gasteiger partial charge in [-0.25, -0.2) is 0 Å². The highest BCUT2D eigenvalue weighted by Crippen LogP contribution is 2.29. The second-order valence-electron chi connectivity index (χ2n) is 5.04. The first-order valence-corrected chi connectivity index (χ1v) is 7.58. The topological polar surface area (TPSA) is 29.3 Å². The molecular weight excluding hydrogens is 288 g/mol. The SMILES string of the molecule is CCC(C)CN(CC)c1ccc(Br)cc1C(C)N. The average Bonchev–Trinajstić information content (AvgIpc) is 2.35. The summed E-state index contributed by atoms with van der Waals surface area (Å²) in [5.74, 6) is 0.703. The number of rotatable bonds is 6. The minimum atomic E-state index is 0.0588. The van der Waals surface area contributed by atoms with Crippen LogP contribution in [-0.4, -0.2) is 13.1 Å². The smallest absolute Gasteiger partial charge is 0.0415 e. The molecule has 0 aliphatic rings. The molecule has 18 heavy (non-hydrogen) atoms. The van der Waals surface area contributed by atoms with Crippen molar-refractivity contribution in [1.29, 1.82) is 0 Å². The molecule has 0 aliphatic carbocycles. The Morgan fingerprint density at radius 3 is 2.44 bits per heavy atom. The van der Waals surface area contributed by atoms with Crippen LogP contribution in [0.5, 0.6) is 0 Å². The highest BCUT2D eigenvalue weighted by molar-refractivity contribution is 9.10. The molecule has 2 atom stereocenters. The molecular formula is C15H25BrN2. The Balaban J connectivity index is 3.04. The van der Waals surface area contributed by atoms with E-state index in [1.54, 1.807) is 0 Å². The second kappa shape index (κ2) is 7.15. The van der Waals surface area contributed by atoms with E-state index in [1.807, 2.05) is 6.92 Å². The van der Waals surface area contributed by atoms with E-state index in [0.717, 1.165) is 17.6 Å². The van der Waals surface area contributed by atoms with Crippen molar-refractivity contribution in [2.24, 2.45) is 11.7 Å². The summed E-state index contributed by atoms with van der Waals surface area (Å²) in [5.41, 5.74) is 8.58. The van der Waals surface area contributed by atoms with Gasteiger partial charge in [-0.15, -0.1) is 0 Å². The quantitative estimate of drug-likeness (QED) is 0.846. The van der Waals surface area contributed by atoms with Crippen molar-refractivity contribution in [3.05, 3.63) is 28.2 Å². The number of hydrogen-bond donors (Lipinski definition) is 1. The molecule has 0 amide bonds. The van der Waals surface area contributed by atoms with Crippen LogP contribution < -0.4 is 10.6 Å². The van der Waals surface area contributed by atoms with Gasteiger partial charge in [0.25, 0.3) is 0 Å². The lowest BCUT2D eigenvalue weighted by molar-refractivity contribution is 0.546. The van der Waals surface area contributed by atoms with Gasteiger partial charge >= 0.3 is 0 Å². The molecule has 0 fully saturated rings. The molecule has 2 unspecified atom stereocenters. The number of halogens is 1. The number of hydrogen-bond acceptors (Lipinski definition) is 2. The second-order valence-corrected chi connectivity index (χ2v) is 5.96. The van der Waals surface area contributed by atoms with Crippen LogP contribution in [0.1, 0.15) is 45.7 Å². The van der Waals surface area contributed by atoms with Gasteiger partial charge in [-0.05, 0) is 43.5 Å². The maximum atomic E-state index is 6.09. The summed E-state index contributed by atoms with van der Waals surface area (Å²) < 4.78 is 1.10. The molecule has 1 aromatic carbocycles. The summed E-state index contributed by atoms with van der Waals surface area (Å²) in [6.07, 6.45) is 1.21. The predicted octanol–water partition coefficient (Wildman–Crippen LogP) is 4.34. The van der Waals surface area contributed by atoms with Gasteiger partial charge < -0.3 is 10.6 Å². The summed E-state index contributed by atoms with van der Waals surface area (Å²) in [4.78, 5) is 2.43. The van der Waals surface area contributed by atoms with Gasteiger partial charge in [0.05, 0.1) is 0 Å². The van der Waals surface area contributed by atoms with Crippen molar-refractivity contribution >= 4 is 21.6 Å². The zero-order chi connectivity index (χ0) is 13.7. The van der Waals surface area contributed by atoms with Crippen molar-refractivity contribution in [2.75, 3.05) is 18.0 Å². The summed E-state index contributed by atoms with van der Waals surface area (Å²) in [7, 11) is 0. The van der Waals surface area contributed by atoms with E-state index in [0.29, 0.717) is 5.92 Å². The zero-order valence-corrected chi connectivity index (χ0v) is 13.5. The first-order chi connectivity index (χ1) is 8.49. The Morgan fingerprint density at radius 1 is 1.28 bits per heavy atom. The van der Waals surface area contributed by atoms with Crippen molar-refractivity contribution in [3.8, 4) is 0 Å². The molecule has 2 nitrogen and oxygen atoms in total. The number of benzene rings is 1. The molecule has 0 saturated heterocycles. The first-order valence-electron chi connectivity index (χ1n) is 6.79.